The van der Waals surface area contributed by atoms with Gasteiger partial charge in [-0.25, -0.2) is 0 Å². The Morgan fingerprint density at radius 2 is 2.60 bits per heavy atom. The van der Waals surface area contributed by atoms with E-state index >= 15 is 0 Å². The number of piperidine rings is 1. The van der Waals surface area contributed by atoms with Gasteiger partial charge in [-0.1, -0.05) is 6.92 Å². The van der Waals surface area contributed by atoms with E-state index in [0.29, 0.717) is 11.9 Å². The van der Waals surface area contributed by atoms with Crippen LogP contribution >= 0.6 is 0 Å². The van der Waals surface area contributed by atoms with Gasteiger partial charge in [0.05, 0.1) is 5.41 Å². The highest BCUT2D eigenvalue weighted by atomic mass is 16.2. The average molecular weight is 139 g/mol. The van der Waals surface area contributed by atoms with Gasteiger partial charge in [0.2, 0.25) is 5.91 Å². The largest absolute Gasteiger partial charge is 0.353 e. The van der Waals surface area contributed by atoms with Crippen molar-refractivity contribution in [3.05, 3.63) is 0 Å². The first-order valence-electron chi connectivity index (χ1n) is 4.08. The molecule has 0 unspecified atom stereocenters. The fourth-order valence-corrected chi connectivity index (χ4v) is 2.28. The number of nitrogens with one attached hydrogen (secondary N) is 1. The third kappa shape index (κ3) is 0.568. The molecule has 0 aromatic rings. The number of carbonyl (C=O) groups excluding carboxylic acids is 1. The van der Waals surface area contributed by atoms with Crippen molar-refractivity contribution in [3.8, 4) is 0 Å². The van der Waals surface area contributed by atoms with E-state index in [1.54, 1.807) is 0 Å². The van der Waals surface area contributed by atoms with Gasteiger partial charge in [0.15, 0.2) is 0 Å². The third-order valence-electron chi connectivity index (χ3n) is 3.10. The number of hydrogen-bond donors (Lipinski definition) is 1. The summed E-state index contributed by atoms with van der Waals surface area (Å²) >= 11 is 0. The van der Waals surface area contributed by atoms with Gasteiger partial charge in [-0.2, -0.15) is 0 Å². The Kier molecular flexibility index (Phi) is 1.08. The van der Waals surface area contributed by atoms with Crippen molar-refractivity contribution in [1.82, 2.24) is 5.32 Å². The molecule has 1 saturated carbocycles. The summed E-state index contributed by atoms with van der Waals surface area (Å²) in [7, 11) is 0. The van der Waals surface area contributed by atoms with Crippen LogP contribution in [-0.4, -0.2) is 11.9 Å². The fourth-order valence-electron chi connectivity index (χ4n) is 2.28. The van der Waals surface area contributed by atoms with Crippen LogP contribution in [0, 0.1) is 5.41 Å². The predicted molar refractivity (Wildman–Crippen MR) is 38.5 cm³/mol. The van der Waals surface area contributed by atoms with E-state index in [9.17, 15) is 4.79 Å². The lowest BCUT2D eigenvalue weighted by Crippen LogP contribution is -2.36. The Bertz CT molecular complexity index is 178. The van der Waals surface area contributed by atoms with Crippen LogP contribution in [0.3, 0.4) is 0 Å². The number of amides is 1. The molecule has 2 bridgehead atoms. The fraction of sp³-hybridized carbons (Fsp3) is 0.875. The van der Waals surface area contributed by atoms with Gasteiger partial charge in [0.25, 0.3) is 0 Å². The molecule has 2 aliphatic rings. The summed E-state index contributed by atoms with van der Waals surface area (Å²) in [4.78, 5) is 11.3. The highest BCUT2D eigenvalue weighted by Gasteiger charge is 2.50. The van der Waals surface area contributed by atoms with Crippen LogP contribution in [0.25, 0.3) is 0 Å². The molecule has 1 N–H and O–H groups in total. The Balaban J connectivity index is 2.27. The summed E-state index contributed by atoms with van der Waals surface area (Å²) in [5.41, 5.74) is 0.0602. The molecule has 1 heterocycles. The summed E-state index contributed by atoms with van der Waals surface area (Å²) in [6.45, 7) is 2.12. The van der Waals surface area contributed by atoms with Crippen LogP contribution in [0.1, 0.15) is 32.6 Å². The van der Waals surface area contributed by atoms with Crippen molar-refractivity contribution in [2.24, 2.45) is 5.41 Å². The van der Waals surface area contributed by atoms with E-state index in [4.69, 9.17) is 0 Å². The van der Waals surface area contributed by atoms with Gasteiger partial charge in [0.1, 0.15) is 0 Å². The topological polar surface area (TPSA) is 29.1 Å². The van der Waals surface area contributed by atoms with E-state index < -0.39 is 0 Å². The molecule has 1 aliphatic carbocycles. The minimum Gasteiger partial charge on any atom is -0.353 e. The van der Waals surface area contributed by atoms with Gasteiger partial charge in [0, 0.05) is 6.04 Å². The van der Waals surface area contributed by atoms with Crippen molar-refractivity contribution in [1.29, 1.82) is 0 Å². The first-order valence-corrected chi connectivity index (χ1v) is 4.08. The van der Waals surface area contributed by atoms with E-state index in [2.05, 4.69) is 12.2 Å². The zero-order chi connectivity index (χ0) is 7.19. The Morgan fingerprint density at radius 3 is 2.90 bits per heavy atom. The molecule has 56 valence electrons. The lowest BCUT2D eigenvalue weighted by Gasteiger charge is -2.21. The summed E-state index contributed by atoms with van der Waals surface area (Å²) in [6, 6.07) is 0.521. The summed E-state index contributed by atoms with van der Waals surface area (Å²) in [5.74, 6) is 0.311. The molecule has 0 radical (unpaired) electrons. The quantitative estimate of drug-likeness (QED) is 0.578. The molecule has 2 fully saturated rings. The van der Waals surface area contributed by atoms with Gasteiger partial charge in [-0.3, -0.25) is 4.79 Å². The molecule has 2 rings (SSSR count). The van der Waals surface area contributed by atoms with Crippen LogP contribution in [-0.2, 0) is 4.79 Å². The second-order valence-electron chi connectivity index (χ2n) is 3.55. The lowest BCUT2D eigenvalue weighted by atomic mass is 9.84. The number of hydrogen-bond acceptors (Lipinski definition) is 1. The number of fused-ring (bicyclic) bond motifs is 2. The van der Waals surface area contributed by atoms with Crippen LogP contribution in [0.15, 0.2) is 0 Å². The van der Waals surface area contributed by atoms with Gasteiger partial charge in [-0.15, -0.1) is 0 Å². The molecule has 2 nitrogen and oxygen atoms in total. The van der Waals surface area contributed by atoms with Gasteiger partial charge in [-0.05, 0) is 25.7 Å². The number of rotatable bonds is 1. The van der Waals surface area contributed by atoms with Crippen molar-refractivity contribution in [3.63, 3.8) is 0 Å². The first-order chi connectivity index (χ1) is 4.77. The molecule has 2 heteroatoms. The Hall–Kier alpha value is -0.530. The van der Waals surface area contributed by atoms with Crippen LogP contribution < -0.4 is 5.32 Å². The van der Waals surface area contributed by atoms with Crippen LogP contribution in [0.2, 0.25) is 0 Å². The average Bonchev–Trinajstić information content (AvgIpc) is 2.44. The molecule has 0 spiro atoms. The van der Waals surface area contributed by atoms with Crippen molar-refractivity contribution >= 4 is 5.91 Å². The molecule has 0 aromatic heterocycles. The zero-order valence-corrected chi connectivity index (χ0v) is 6.31. The van der Waals surface area contributed by atoms with E-state index in [0.717, 1.165) is 19.3 Å². The second-order valence-corrected chi connectivity index (χ2v) is 3.55. The third-order valence-corrected chi connectivity index (χ3v) is 3.10. The molecule has 1 aliphatic heterocycles. The predicted octanol–water partition coefficient (Wildman–Crippen LogP) is 1.07. The SMILES string of the molecule is CC[C@]12CC[C@H](C1)NC2=O. The van der Waals surface area contributed by atoms with E-state index in [1.807, 2.05) is 0 Å². The second kappa shape index (κ2) is 1.74. The van der Waals surface area contributed by atoms with E-state index in [1.165, 1.54) is 6.42 Å². The zero-order valence-electron chi connectivity index (χ0n) is 6.31. The lowest BCUT2D eigenvalue weighted by molar-refractivity contribution is -0.129. The smallest absolute Gasteiger partial charge is 0.226 e. The maximum Gasteiger partial charge on any atom is 0.226 e. The molecule has 1 amide bonds. The molecule has 1 saturated heterocycles. The minimum atomic E-state index is 0.0602. The van der Waals surface area contributed by atoms with Crippen LogP contribution in [0.4, 0.5) is 0 Å². The number of carbonyl (C=O) groups is 1. The van der Waals surface area contributed by atoms with Gasteiger partial charge >= 0.3 is 0 Å². The first kappa shape index (κ1) is 6.20. The standard InChI is InChI=1S/C8H13NO/c1-2-8-4-3-6(5-8)9-7(8)10/h6H,2-5H2,1H3,(H,9,10)/t6-,8+/m1/s1. The minimum absolute atomic E-state index is 0.0602. The van der Waals surface area contributed by atoms with Crippen molar-refractivity contribution < 1.29 is 4.79 Å². The van der Waals surface area contributed by atoms with Crippen LogP contribution in [0.5, 0.6) is 0 Å². The molecule has 2 atom stereocenters. The molecular weight excluding hydrogens is 126 g/mol. The molecule has 0 aromatic carbocycles. The Morgan fingerprint density at radius 1 is 1.80 bits per heavy atom. The summed E-state index contributed by atoms with van der Waals surface area (Å²) in [6.07, 6.45) is 4.46. The normalized spacial score (nSPS) is 44.1. The maximum absolute atomic E-state index is 11.3. The Labute approximate surface area is 61.0 Å². The molecular formula is C8H13NO. The van der Waals surface area contributed by atoms with E-state index in [-0.39, 0.29) is 5.41 Å². The van der Waals surface area contributed by atoms with Crippen molar-refractivity contribution in [2.45, 2.75) is 38.6 Å². The summed E-state index contributed by atoms with van der Waals surface area (Å²) in [5, 5.41) is 3.01. The highest BCUT2D eigenvalue weighted by Crippen LogP contribution is 2.45. The maximum atomic E-state index is 11.3. The van der Waals surface area contributed by atoms with Crippen molar-refractivity contribution in [2.75, 3.05) is 0 Å². The monoisotopic (exact) mass is 139 g/mol. The molecule has 10 heavy (non-hydrogen) atoms. The summed E-state index contributed by atoms with van der Waals surface area (Å²) < 4.78 is 0. The highest BCUT2D eigenvalue weighted by molar-refractivity contribution is 5.86. The van der Waals surface area contributed by atoms with Gasteiger partial charge < -0.3 is 5.32 Å².